The second-order valence-electron chi connectivity index (χ2n) is 18.0. The molecule has 0 aliphatic rings. The second-order valence-corrected chi connectivity index (χ2v) is 19.6. The van der Waals surface area contributed by atoms with E-state index in [2.05, 4.69) is 218 Å². The van der Waals surface area contributed by atoms with Gasteiger partial charge in [-0.2, -0.15) is 0 Å². The Bertz CT molecular complexity index is 4000. The normalized spacial score (nSPS) is 11.2. The first kappa shape index (κ1) is 49.2. The van der Waals surface area contributed by atoms with Crippen molar-refractivity contribution >= 4 is 104 Å². The van der Waals surface area contributed by atoms with Gasteiger partial charge in [-0.15, -0.1) is 0 Å². The Kier molecular flexibility index (Phi) is 14.1. The van der Waals surface area contributed by atoms with Gasteiger partial charge < -0.3 is 17.7 Å². The van der Waals surface area contributed by atoms with Gasteiger partial charge >= 0.3 is 0 Å². The largest absolute Gasteiger partial charge is 0.455 e. The van der Waals surface area contributed by atoms with Gasteiger partial charge in [-0.25, -0.2) is 0 Å². The molecule has 0 unspecified atom stereocenters. The zero-order chi connectivity index (χ0) is 51.5. The molecule has 0 aliphatic heterocycles. The van der Waals surface area contributed by atoms with Gasteiger partial charge in [0.05, 0.1) is 8.95 Å². The van der Waals surface area contributed by atoms with E-state index < -0.39 is 0 Å². The van der Waals surface area contributed by atoms with Gasteiger partial charge in [-0.3, -0.25) is 0 Å². The molecule has 76 heavy (non-hydrogen) atoms. The molecule has 0 saturated carbocycles. The average Bonchev–Trinajstić information content (AvgIpc) is 4.44. The van der Waals surface area contributed by atoms with Crippen LogP contribution in [0, 0.1) is 0 Å². The van der Waals surface area contributed by atoms with Gasteiger partial charge in [0, 0.05) is 97.2 Å². The highest BCUT2D eigenvalue weighted by Gasteiger charge is 2.30. The topological polar surface area (TPSA) is 52.6 Å². The highest BCUT2D eigenvalue weighted by Crippen LogP contribution is 2.54. The number of halogens is 4. The molecule has 0 fully saturated rings. The van der Waals surface area contributed by atoms with E-state index in [1.807, 2.05) is 97.1 Å². The minimum Gasteiger partial charge on any atom is -0.455 e. The Morgan fingerprint density at radius 2 is 0.474 bits per heavy atom. The smallest absolute Gasteiger partial charge is 0.151 e. The number of fused-ring (bicyclic) bond motifs is 4. The summed E-state index contributed by atoms with van der Waals surface area (Å²) in [5, 5.41) is 4.03. The minimum absolute atomic E-state index is 0. The third-order valence-electron chi connectivity index (χ3n) is 13.5. The average molecular weight is 1250 g/mol. The van der Waals surface area contributed by atoms with Crippen molar-refractivity contribution in [1.29, 1.82) is 0 Å². The van der Waals surface area contributed by atoms with E-state index in [1.165, 1.54) is 0 Å². The number of rotatable bonds is 8. The van der Waals surface area contributed by atoms with Crippen LogP contribution in [0.4, 0.5) is 0 Å². The molecule has 0 bridgehead atoms. The Hall–Kier alpha value is -7.72. The predicted molar refractivity (Wildman–Crippen MR) is 333 cm³/mol. The standard InChI is InChI=1S/C34H20Br2O2.C34H22O2.Br2.2H2/c35-29-27-25(21-13-5-1-6-14-21)31(23-17-9-3-10-18-23)37-33(27)30(36)28-26(22-15-7-2-8-16-22)32(38-34(28)29)24-19-11-4-12-20-24;1-5-13-23(14-6-1)31-27-21-30-28(22-29(27)35-33(31)25-17-9-3-10-18-25)32(24-15-7-2-8-16-24)34(36-30)26-19-11-4-12-20-26;1-2;;/h1-20H;1-22H;;2*1H/i;;;1+1;. The molecule has 4 aromatic heterocycles. The lowest BCUT2D eigenvalue weighted by molar-refractivity contribution is 0.626. The summed E-state index contributed by atoms with van der Waals surface area (Å²) in [4.78, 5) is 0. The Morgan fingerprint density at radius 3 is 0.724 bits per heavy atom. The van der Waals surface area contributed by atoms with Crippen LogP contribution in [0.15, 0.2) is 281 Å². The van der Waals surface area contributed by atoms with E-state index in [1.54, 1.807) is 0 Å². The highest BCUT2D eigenvalue weighted by atomic mass is 80.9. The van der Waals surface area contributed by atoms with Crippen molar-refractivity contribution < 1.29 is 20.5 Å². The van der Waals surface area contributed by atoms with E-state index in [4.69, 9.17) is 17.7 Å². The quantitative estimate of drug-likeness (QED) is 0.152. The molecule has 0 aliphatic carbocycles. The molecular weight excluding hydrogens is 1200 g/mol. The van der Waals surface area contributed by atoms with Gasteiger partial charge in [0.15, 0.2) is 11.2 Å². The fourth-order valence-corrected chi connectivity index (χ4v) is 11.5. The molecule has 0 atom stereocenters. The van der Waals surface area contributed by atoms with E-state index in [0.717, 1.165) is 143 Å². The lowest BCUT2D eigenvalue weighted by atomic mass is 9.96. The molecule has 0 N–H and O–H groups in total. The van der Waals surface area contributed by atoms with Crippen LogP contribution in [0.2, 0.25) is 0 Å². The van der Waals surface area contributed by atoms with Crippen molar-refractivity contribution in [2.24, 2.45) is 0 Å². The lowest BCUT2D eigenvalue weighted by Gasteiger charge is -2.06. The first-order chi connectivity index (χ1) is 37.6. The molecule has 0 spiro atoms. The zero-order valence-electron chi connectivity index (χ0n) is 40.4. The van der Waals surface area contributed by atoms with Crippen molar-refractivity contribution in [2.45, 2.75) is 0 Å². The predicted octanol–water partition coefficient (Wildman–Crippen LogP) is 23.4. The maximum Gasteiger partial charge on any atom is 0.151 e. The summed E-state index contributed by atoms with van der Waals surface area (Å²) in [6.45, 7) is 0. The molecule has 10 aromatic carbocycles. The maximum absolute atomic E-state index is 6.75. The van der Waals surface area contributed by atoms with Crippen molar-refractivity contribution in [2.75, 3.05) is 0 Å². The first-order valence-electron chi connectivity index (χ1n) is 24.6. The molecule has 4 nitrogen and oxygen atoms in total. The van der Waals surface area contributed by atoms with Crippen molar-refractivity contribution in [3.05, 3.63) is 264 Å². The number of hydrogen-bond acceptors (Lipinski definition) is 4. The van der Waals surface area contributed by atoms with Crippen LogP contribution in [-0.2, 0) is 0 Å². The SMILES string of the molecule is BrBr.Brc1c2oc(-c3ccccc3)c(-c3ccccc3)c2c(Br)c2oc(-c3ccccc3)c(-c3ccccc3)c12.[2HH].[HH].c1ccc(-c2oc3cc4c(-c5ccccc5)c(-c5ccccc5)oc4cc3c2-c2ccccc2)cc1. The van der Waals surface area contributed by atoms with Crippen LogP contribution in [0.3, 0.4) is 0 Å². The summed E-state index contributed by atoms with van der Waals surface area (Å²) in [7, 11) is 0. The Morgan fingerprint density at radius 1 is 0.263 bits per heavy atom. The zero-order valence-corrected chi connectivity index (χ0v) is 46.7. The van der Waals surface area contributed by atoms with Gasteiger partial charge in [0.2, 0.25) is 0 Å². The molecule has 14 rings (SSSR count). The molecule has 14 aromatic rings. The first-order valence-corrected chi connectivity index (χ1v) is 29.9. The molecule has 4 heterocycles. The van der Waals surface area contributed by atoms with Gasteiger partial charge in [0.25, 0.3) is 0 Å². The van der Waals surface area contributed by atoms with Crippen molar-refractivity contribution in [1.82, 2.24) is 0 Å². The fraction of sp³-hybridized carbons (Fsp3) is 0. The van der Waals surface area contributed by atoms with Crippen LogP contribution in [0.1, 0.15) is 2.85 Å². The number of furan rings is 4. The number of benzene rings is 10. The lowest BCUT2D eigenvalue weighted by Crippen LogP contribution is -1.83. The minimum atomic E-state index is 0. The van der Waals surface area contributed by atoms with Crippen LogP contribution in [-0.4, -0.2) is 0 Å². The van der Waals surface area contributed by atoms with E-state index in [-0.39, 0.29) is 2.85 Å². The summed E-state index contributed by atoms with van der Waals surface area (Å²) in [5.74, 6) is 3.39. The molecule has 8 heteroatoms. The van der Waals surface area contributed by atoms with Crippen LogP contribution in [0.25, 0.3) is 134 Å². The third kappa shape index (κ3) is 9.09. The van der Waals surface area contributed by atoms with Crippen molar-refractivity contribution in [3.63, 3.8) is 0 Å². The second kappa shape index (κ2) is 21.9. The summed E-state index contributed by atoms with van der Waals surface area (Å²) in [6, 6.07) is 87.0. The van der Waals surface area contributed by atoms with E-state index in [9.17, 15) is 0 Å². The van der Waals surface area contributed by atoms with Crippen LogP contribution >= 0.6 is 60.1 Å². The van der Waals surface area contributed by atoms with E-state index in [0.29, 0.717) is 0 Å². The molecule has 0 amide bonds. The van der Waals surface area contributed by atoms with E-state index >= 15 is 0 Å². The van der Waals surface area contributed by atoms with Crippen LogP contribution < -0.4 is 0 Å². The number of hydrogen-bond donors (Lipinski definition) is 0. The van der Waals surface area contributed by atoms with Gasteiger partial charge in [-0.05, 0) is 66.2 Å². The molecular formula is C68H46Br4O4. The third-order valence-corrected chi connectivity index (χ3v) is 15.1. The van der Waals surface area contributed by atoms with Crippen molar-refractivity contribution in [3.8, 4) is 89.8 Å². The molecule has 0 radical (unpaired) electrons. The monoisotopic (exact) mass is 1240 g/mol. The van der Waals surface area contributed by atoms with Gasteiger partial charge in [0.1, 0.15) is 34.2 Å². The van der Waals surface area contributed by atoms with Gasteiger partial charge in [-0.1, -0.05) is 243 Å². The Balaban J connectivity index is 0.000000167. The summed E-state index contributed by atoms with van der Waals surface area (Å²) >= 11 is 13.4. The summed E-state index contributed by atoms with van der Waals surface area (Å²) in [5.41, 5.74) is 16.0. The summed E-state index contributed by atoms with van der Waals surface area (Å²) in [6.07, 6.45) is 0. The highest BCUT2D eigenvalue weighted by molar-refractivity contribution is 9.93. The summed E-state index contributed by atoms with van der Waals surface area (Å²) < 4.78 is 28.5. The molecule has 370 valence electrons. The molecule has 0 saturated heterocycles. The maximum atomic E-state index is 6.75. The fourth-order valence-electron chi connectivity index (χ4n) is 10.2. The Labute approximate surface area is 474 Å². The van der Waals surface area contributed by atoms with Crippen LogP contribution in [0.5, 0.6) is 0 Å².